The molecule has 0 aliphatic carbocycles. The van der Waals surface area contributed by atoms with Crippen LogP contribution in [-0.2, 0) is 6.54 Å². The molecule has 0 atom stereocenters. The van der Waals surface area contributed by atoms with Crippen molar-refractivity contribution in [2.75, 3.05) is 0 Å². The Morgan fingerprint density at radius 1 is 1.21 bits per heavy atom. The minimum atomic E-state index is -0.458. The molecule has 1 amide bonds. The van der Waals surface area contributed by atoms with E-state index in [1.165, 1.54) is 0 Å². The number of carbonyl (C=O) groups excluding carboxylic acids is 1. The molecule has 4 aromatic rings. The number of hydrogen-bond donors (Lipinski definition) is 1. The van der Waals surface area contributed by atoms with E-state index in [-0.39, 0.29) is 0 Å². The first kappa shape index (κ1) is 14.7. The summed E-state index contributed by atoms with van der Waals surface area (Å²) in [6.07, 6.45) is 1.76. The lowest BCUT2D eigenvalue weighted by Gasteiger charge is -2.07. The zero-order valence-electron chi connectivity index (χ0n) is 12.7. The molecule has 2 aromatic carbocycles. The lowest BCUT2D eigenvalue weighted by Crippen LogP contribution is -2.11. The number of pyridine rings is 1. The number of amides is 1. The molecule has 0 saturated carbocycles. The maximum atomic E-state index is 11.9. The quantitative estimate of drug-likeness (QED) is 0.619. The number of nitrogens with two attached hydrogens (primary N) is 1. The van der Waals surface area contributed by atoms with Crippen LogP contribution < -0.4 is 5.73 Å². The molecule has 1 radical (unpaired) electrons. The Kier molecular flexibility index (Phi) is 3.47. The van der Waals surface area contributed by atoms with Crippen LogP contribution in [0, 0.1) is 6.07 Å². The number of benzene rings is 2. The van der Waals surface area contributed by atoms with Crippen LogP contribution in [0.15, 0.2) is 54.7 Å². The first-order valence-corrected chi connectivity index (χ1v) is 7.85. The van der Waals surface area contributed by atoms with Gasteiger partial charge in [-0.05, 0) is 42.5 Å². The molecule has 0 unspecified atom stereocenters. The third kappa shape index (κ3) is 2.32. The van der Waals surface area contributed by atoms with Gasteiger partial charge in [-0.15, -0.1) is 0 Å². The van der Waals surface area contributed by atoms with Crippen molar-refractivity contribution in [3.8, 4) is 0 Å². The van der Waals surface area contributed by atoms with Gasteiger partial charge < -0.3 is 10.3 Å². The third-order valence-corrected chi connectivity index (χ3v) is 4.29. The SMILES string of the molecule is NC(=O)c1cccc2c1c1[c]cc(Cl)cc1n2Cc1ccccn1. The van der Waals surface area contributed by atoms with Gasteiger partial charge in [0.2, 0.25) is 5.91 Å². The molecular formula is C19H13ClN3O. The average Bonchev–Trinajstić information content (AvgIpc) is 2.89. The van der Waals surface area contributed by atoms with E-state index >= 15 is 0 Å². The summed E-state index contributed by atoms with van der Waals surface area (Å²) in [5.41, 5.74) is 8.77. The Labute approximate surface area is 143 Å². The van der Waals surface area contributed by atoms with Crippen LogP contribution in [0.1, 0.15) is 16.1 Å². The van der Waals surface area contributed by atoms with E-state index in [1.54, 1.807) is 18.3 Å². The van der Waals surface area contributed by atoms with Crippen LogP contribution in [0.2, 0.25) is 5.02 Å². The van der Waals surface area contributed by atoms with E-state index in [0.717, 1.165) is 27.5 Å². The zero-order chi connectivity index (χ0) is 16.7. The first-order valence-electron chi connectivity index (χ1n) is 7.47. The largest absolute Gasteiger partial charge is 0.366 e. The number of halogens is 1. The summed E-state index contributed by atoms with van der Waals surface area (Å²) in [5, 5.41) is 2.22. The van der Waals surface area contributed by atoms with Crippen molar-refractivity contribution in [2.45, 2.75) is 6.54 Å². The standard InChI is InChI=1S/C19H13ClN3O/c20-12-7-8-14-17(10-12)23(11-13-4-1-2-9-22-13)16-6-3-5-15(18(14)16)19(21)24/h1-7,9-10H,11H2,(H2,21,24). The van der Waals surface area contributed by atoms with Gasteiger partial charge in [-0.1, -0.05) is 23.7 Å². The third-order valence-electron chi connectivity index (χ3n) is 4.07. The summed E-state index contributed by atoms with van der Waals surface area (Å²) in [6.45, 7) is 0.567. The summed E-state index contributed by atoms with van der Waals surface area (Å²) >= 11 is 6.17. The second-order valence-corrected chi connectivity index (χ2v) is 5.99. The second kappa shape index (κ2) is 5.65. The molecular weight excluding hydrogens is 322 g/mol. The summed E-state index contributed by atoms with van der Waals surface area (Å²) in [4.78, 5) is 16.2. The molecule has 0 saturated heterocycles. The van der Waals surface area contributed by atoms with E-state index < -0.39 is 5.91 Å². The van der Waals surface area contributed by atoms with Crippen LogP contribution in [0.3, 0.4) is 0 Å². The Morgan fingerprint density at radius 3 is 2.83 bits per heavy atom. The lowest BCUT2D eigenvalue weighted by molar-refractivity contribution is 0.100. The molecule has 24 heavy (non-hydrogen) atoms. The van der Waals surface area contributed by atoms with E-state index in [9.17, 15) is 4.79 Å². The Morgan fingerprint density at radius 2 is 2.08 bits per heavy atom. The highest BCUT2D eigenvalue weighted by Crippen LogP contribution is 2.33. The molecule has 0 aliphatic rings. The fraction of sp³-hybridized carbons (Fsp3) is 0.0526. The maximum Gasteiger partial charge on any atom is 0.249 e. The molecule has 4 nitrogen and oxygen atoms in total. The van der Waals surface area contributed by atoms with Gasteiger partial charge in [-0.3, -0.25) is 9.78 Å². The lowest BCUT2D eigenvalue weighted by atomic mass is 10.1. The highest BCUT2D eigenvalue weighted by Gasteiger charge is 2.17. The van der Waals surface area contributed by atoms with Gasteiger partial charge in [0, 0.05) is 27.6 Å². The Hall–Kier alpha value is -2.85. The molecule has 2 N–H and O–H groups in total. The number of hydrogen-bond acceptors (Lipinski definition) is 2. The molecule has 117 valence electrons. The zero-order valence-corrected chi connectivity index (χ0v) is 13.4. The van der Waals surface area contributed by atoms with Gasteiger partial charge in [0.25, 0.3) is 0 Å². The van der Waals surface area contributed by atoms with Gasteiger partial charge in [-0.2, -0.15) is 0 Å². The fourth-order valence-electron chi connectivity index (χ4n) is 3.06. The normalized spacial score (nSPS) is 11.2. The topological polar surface area (TPSA) is 60.9 Å². The van der Waals surface area contributed by atoms with Crippen LogP contribution >= 0.6 is 11.6 Å². The first-order chi connectivity index (χ1) is 11.6. The number of carbonyl (C=O) groups is 1. The molecule has 0 aliphatic heterocycles. The summed E-state index contributed by atoms with van der Waals surface area (Å²) in [7, 11) is 0. The van der Waals surface area contributed by atoms with Crippen LogP contribution in [0.4, 0.5) is 0 Å². The highest BCUT2D eigenvalue weighted by molar-refractivity contribution is 6.31. The molecule has 5 heteroatoms. The smallest absolute Gasteiger partial charge is 0.249 e. The number of nitrogens with zero attached hydrogens (tertiary/aromatic N) is 2. The van der Waals surface area contributed by atoms with Crippen molar-refractivity contribution in [2.24, 2.45) is 5.73 Å². The number of rotatable bonds is 3. The van der Waals surface area contributed by atoms with E-state index in [1.807, 2.05) is 36.4 Å². The molecule has 4 rings (SSSR count). The Bertz CT molecular complexity index is 1070. The number of primary amides is 1. The van der Waals surface area contributed by atoms with Crippen molar-refractivity contribution in [3.63, 3.8) is 0 Å². The van der Waals surface area contributed by atoms with Crippen molar-refractivity contribution < 1.29 is 4.79 Å². The Balaban J connectivity index is 2.08. The van der Waals surface area contributed by atoms with Gasteiger partial charge in [0.05, 0.1) is 23.3 Å². The van der Waals surface area contributed by atoms with E-state index in [4.69, 9.17) is 17.3 Å². The summed E-state index contributed by atoms with van der Waals surface area (Å²) < 4.78 is 2.09. The van der Waals surface area contributed by atoms with Gasteiger partial charge in [-0.25, -0.2) is 0 Å². The molecule has 0 bridgehead atoms. The number of fused-ring (bicyclic) bond motifs is 3. The van der Waals surface area contributed by atoms with Crippen LogP contribution in [0.5, 0.6) is 0 Å². The average molecular weight is 335 g/mol. The summed E-state index contributed by atoms with van der Waals surface area (Å²) in [5.74, 6) is -0.458. The number of aromatic nitrogens is 2. The predicted molar refractivity (Wildman–Crippen MR) is 95.1 cm³/mol. The minimum Gasteiger partial charge on any atom is -0.366 e. The second-order valence-electron chi connectivity index (χ2n) is 5.55. The van der Waals surface area contributed by atoms with E-state index in [0.29, 0.717) is 17.1 Å². The van der Waals surface area contributed by atoms with Gasteiger partial charge >= 0.3 is 0 Å². The highest BCUT2D eigenvalue weighted by atomic mass is 35.5. The van der Waals surface area contributed by atoms with Crippen LogP contribution in [0.25, 0.3) is 21.8 Å². The predicted octanol–water partition coefficient (Wildman–Crippen LogP) is 3.79. The molecule has 0 spiro atoms. The molecule has 2 heterocycles. The molecule has 0 fully saturated rings. The summed E-state index contributed by atoms with van der Waals surface area (Å²) in [6, 6.07) is 18.1. The van der Waals surface area contributed by atoms with Gasteiger partial charge in [0.15, 0.2) is 0 Å². The van der Waals surface area contributed by atoms with E-state index in [2.05, 4.69) is 15.6 Å². The van der Waals surface area contributed by atoms with Crippen molar-refractivity contribution in [1.29, 1.82) is 0 Å². The molecule has 2 aromatic heterocycles. The van der Waals surface area contributed by atoms with Crippen molar-refractivity contribution in [3.05, 3.63) is 77.1 Å². The minimum absolute atomic E-state index is 0.458. The van der Waals surface area contributed by atoms with Crippen molar-refractivity contribution in [1.82, 2.24) is 9.55 Å². The monoisotopic (exact) mass is 334 g/mol. The maximum absolute atomic E-state index is 11.9. The van der Waals surface area contributed by atoms with Gasteiger partial charge in [0.1, 0.15) is 0 Å². The van der Waals surface area contributed by atoms with Crippen molar-refractivity contribution >= 4 is 39.3 Å². The van der Waals surface area contributed by atoms with Crippen LogP contribution in [-0.4, -0.2) is 15.5 Å². The fourth-order valence-corrected chi connectivity index (χ4v) is 3.22.